The fourth-order valence-electron chi connectivity index (χ4n) is 2.00. The molecule has 0 aliphatic heterocycles. The molecular weight excluding hydrogens is 254 g/mol. The summed E-state index contributed by atoms with van der Waals surface area (Å²) < 4.78 is 10.5. The average molecular weight is 273 g/mol. The molecule has 0 aliphatic rings. The third-order valence-corrected chi connectivity index (χ3v) is 3.14. The standard InChI is InChI=1S/C16H19NO3/c1-4-19-14-7-5-13(6-8-14)11(2)17-16(18)15-9-10-20-12(15)3/h5-11H,4H2,1-3H3,(H,17,18)/t11-/m0/s1. The van der Waals surface area contributed by atoms with Crippen LogP contribution >= 0.6 is 0 Å². The highest BCUT2D eigenvalue weighted by Crippen LogP contribution is 2.18. The molecule has 1 amide bonds. The Kier molecular flexibility index (Phi) is 4.45. The molecule has 0 radical (unpaired) electrons. The summed E-state index contributed by atoms with van der Waals surface area (Å²) in [6.45, 7) is 6.31. The van der Waals surface area contributed by atoms with Gasteiger partial charge in [-0.15, -0.1) is 0 Å². The van der Waals surface area contributed by atoms with E-state index >= 15 is 0 Å². The molecule has 20 heavy (non-hydrogen) atoms. The highest BCUT2D eigenvalue weighted by atomic mass is 16.5. The van der Waals surface area contributed by atoms with Gasteiger partial charge in [0.2, 0.25) is 0 Å². The maximum absolute atomic E-state index is 12.1. The van der Waals surface area contributed by atoms with Gasteiger partial charge in [-0.1, -0.05) is 12.1 Å². The topological polar surface area (TPSA) is 51.5 Å². The first-order chi connectivity index (χ1) is 9.61. The molecule has 0 saturated carbocycles. The van der Waals surface area contributed by atoms with E-state index in [9.17, 15) is 4.79 Å². The van der Waals surface area contributed by atoms with E-state index in [1.807, 2.05) is 38.1 Å². The summed E-state index contributed by atoms with van der Waals surface area (Å²) in [4.78, 5) is 12.1. The van der Waals surface area contributed by atoms with Gasteiger partial charge in [-0.3, -0.25) is 4.79 Å². The minimum atomic E-state index is -0.127. The van der Waals surface area contributed by atoms with Gasteiger partial charge in [0.05, 0.1) is 24.5 Å². The third-order valence-electron chi connectivity index (χ3n) is 3.14. The second-order valence-corrected chi connectivity index (χ2v) is 4.59. The molecule has 0 aliphatic carbocycles. The SMILES string of the molecule is CCOc1ccc([C@H](C)NC(=O)c2ccoc2C)cc1. The number of hydrogen-bond donors (Lipinski definition) is 1. The van der Waals surface area contributed by atoms with Gasteiger partial charge in [-0.2, -0.15) is 0 Å². The lowest BCUT2D eigenvalue weighted by Gasteiger charge is -2.14. The molecule has 0 fully saturated rings. The first kappa shape index (κ1) is 14.2. The predicted octanol–water partition coefficient (Wildman–Crippen LogP) is 3.48. The van der Waals surface area contributed by atoms with Crippen LogP contribution in [0.25, 0.3) is 0 Å². The van der Waals surface area contributed by atoms with Crippen LogP contribution < -0.4 is 10.1 Å². The van der Waals surface area contributed by atoms with Crippen LogP contribution in [-0.4, -0.2) is 12.5 Å². The van der Waals surface area contributed by atoms with E-state index in [2.05, 4.69) is 5.32 Å². The van der Waals surface area contributed by atoms with E-state index in [1.165, 1.54) is 6.26 Å². The largest absolute Gasteiger partial charge is 0.494 e. The Morgan fingerprint density at radius 2 is 2.00 bits per heavy atom. The predicted molar refractivity (Wildman–Crippen MR) is 76.9 cm³/mol. The maximum Gasteiger partial charge on any atom is 0.255 e. The Morgan fingerprint density at radius 1 is 1.30 bits per heavy atom. The molecule has 0 unspecified atom stereocenters. The number of hydrogen-bond acceptors (Lipinski definition) is 3. The van der Waals surface area contributed by atoms with Gasteiger partial charge < -0.3 is 14.5 Å². The molecule has 1 heterocycles. The van der Waals surface area contributed by atoms with E-state index in [0.29, 0.717) is 17.9 Å². The molecule has 1 atom stereocenters. The number of amides is 1. The van der Waals surface area contributed by atoms with Crippen molar-refractivity contribution in [2.45, 2.75) is 26.8 Å². The van der Waals surface area contributed by atoms with E-state index < -0.39 is 0 Å². The van der Waals surface area contributed by atoms with Crippen LogP contribution in [0.5, 0.6) is 5.75 Å². The normalized spacial score (nSPS) is 11.9. The summed E-state index contributed by atoms with van der Waals surface area (Å²) in [5, 5.41) is 2.95. The molecule has 4 nitrogen and oxygen atoms in total. The second kappa shape index (κ2) is 6.28. The van der Waals surface area contributed by atoms with Crippen LogP contribution in [-0.2, 0) is 0 Å². The van der Waals surface area contributed by atoms with E-state index in [0.717, 1.165) is 11.3 Å². The number of rotatable bonds is 5. The molecular formula is C16H19NO3. The smallest absolute Gasteiger partial charge is 0.255 e. The van der Waals surface area contributed by atoms with Crippen molar-refractivity contribution in [1.29, 1.82) is 0 Å². The van der Waals surface area contributed by atoms with Crippen molar-refractivity contribution < 1.29 is 13.9 Å². The summed E-state index contributed by atoms with van der Waals surface area (Å²) in [6, 6.07) is 9.33. The number of nitrogens with one attached hydrogen (secondary N) is 1. The van der Waals surface area contributed by atoms with Crippen molar-refractivity contribution in [2.75, 3.05) is 6.61 Å². The van der Waals surface area contributed by atoms with E-state index in [-0.39, 0.29) is 11.9 Å². The Hall–Kier alpha value is -2.23. The average Bonchev–Trinajstić information content (AvgIpc) is 2.86. The van der Waals surface area contributed by atoms with Crippen molar-refractivity contribution in [3.63, 3.8) is 0 Å². The van der Waals surface area contributed by atoms with Gasteiger partial charge in [0, 0.05) is 0 Å². The van der Waals surface area contributed by atoms with Crippen molar-refractivity contribution in [3.05, 3.63) is 53.5 Å². The molecule has 0 saturated heterocycles. The molecule has 106 valence electrons. The molecule has 0 spiro atoms. The fourth-order valence-corrected chi connectivity index (χ4v) is 2.00. The number of furan rings is 1. The quantitative estimate of drug-likeness (QED) is 0.907. The minimum absolute atomic E-state index is 0.0764. The van der Waals surface area contributed by atoms with Gasteiger partial charge in [0.25, 0.3) is 5.91 Å². The lowest BCUT2D eigenvalue weighted by Crippen LogP contribution is -2.26. The summed E-state index contributed by atoms with van der Waals surface area (Å²) in [6.07, 6.45) is 1.52. The first-order valence-electron chi connectivity index (χ1n) is 6.69. The number of benzene rings is 1. The number of carbonyl (C=O) groups is 1. The number of carbonyl (C=O) groups excluding carboxylic acids is 1. The molecule has 2 rings (SSSR count). The lowest BCUT2D eigenvalue weighted by atomic mass is 10.1. The van der Waals surface area contributed by atoms with Crippen LogP contribution in [0.2, 0.25) is 0 Å². The van der Waals surface area contributed by atoms with Crippen LogP contribution in [0.4, 0.5) is 0 Å². The molecule has 2 aromatic rings. The molecule has 0 bridgehead atoms. The van der Waals surface area contributed by atoms with Gasteiger partial charge in [0.15, 0.2) is 0 Å². The molecule has 1 aromatic heterocycles. The van der Waals surface area contributed by atoms with Crippen LogP contribution in [0, 0.1) is 6.92 Å². The highest BCUT2D eigenvalue weighted by molar-refractivity contribution is 5.95. The van der Waals surface area contributed by atoms with Gasteiger partial charge in [-0.05, 0) is 44.5 Å². The van der Waals surface area contributed by atoms with Gasteiger partial charge in [-0.25, -0.2) is 0 Å². The Balaban J connectivity index is 2.02. The van der Waals surface area contributed by atoms with Crippen molar-refractivity contribution in [3.8, 4) is 5.75 Å². The maximum atomic E-state index is 12.1. The number of ether oxygens (including phenoxy) is 1. The summed E-state index contributed by atoms with van der Waals surface area (Å²) >= 11 is 0. The Labute approximate surface area is 118 Å². The molecule has 1 N–H and O–H groups in total. The zero-order chi connectivity index (χ0) is 14.5. The van der Waals surface area contributed by atoms with Crippen molar-refractivity contribution in [1.82, 2.24) is 5.32 Å². The fraction of sp³-hybridized carbons (Fsp3) is 0.312. The second-order valence-electron chi connectivity index (χ2n) is 4.59. The first-order valence-corrected chi connectivity index (χ1v) is 6.69. The minimum Gasteiger partial charge on any atom is -0.494 e. The Morgan fingerprint density at radius 3 is 2.55 bits per heavy atom. The van der Waals surface area contributed by atoms with Crippen LogP contribution in [0.3, 0.4) is 0 Å². The summed E-state index contributed by atoms with van der Waals surface area (Å²) in [5.74, 6) is 1.33. The molecule has 4 heteroatoms. The van der Waals surface area contributed by atoms with Crippen molar-refractivity contribution in [2.24, 2.45) is 0 Å². The van der Waals surface area contributed by atoms with Gasteiger partial charge >= 0.3 is 0 Å². The Bertz CT molecular complexity index is 572. The zero-order valence-electron chi connectivity index (χ0n) is 12.0. The monoisotopic (exact) mass is 273 g/mol. The summed E-state index contributed by atoms with van der Waals surface area (Å²) in [7, 11) is 0. The third kappa shape index (κ3) is 3.20. The number of aryl methyl sites for hydroxylation is 1. The van der Waals surface area contributed by atoms with Crippen LogP contribution in [0.15, 0.2) is 41.0 Å². The lowest BCUT2D eigenvalue weighted by molar-refractivity contribution is 0.0938. The van der Waals surface area contributed by atoms with E-state index in [4.69, 9.17) is 9.15 Å². The van der Waals surface area contributed by atoms with Crippen molar-refractivity contribution >= 4 is 5.91 Å². The summed E-state index contributed by atoms with van der Waals surface area (Å²) in [5.41, 5.74) is 1.60. The van der Waals surface area contributed by atoms with E-state index in [1.54, 1.807) is 13.0 Å². The van der Waals surface area contributed by atoms with Crippen LogP contribution in [0.1, 0.15) is 41.6 Å². The molecule has 1 aromatic carbocycles. The zero-order valence-corrected chi connectivity index (χ0v) is 12.0. The highest BCUT2D eigenvalue weighted by Gasteiger charge is 2.14. The van der Waals surface area contributed by atoms with Gasteiger partial charge in [0.1, 0.15) is 11.5 Å².